The van der Waals surface area contributed by atoms with Gasteiger partial charge in [-0.15, -0.1) is 0 Å². The van der Waals surface area contributed by atoms with Gasteiger partial charge in [0.15, 0.2) is 0 Å². The molecule has 0 aliphatic carbocycles. The third-order valence-corrected chi connectivity index (χ3v) is 12.9. The molecule has 0 aromatic heterocycles. The van der Waals surface area contributed by atoms with Crippen molar-refractivity contribution in [3.63, 3.8) is 0 Å². The van der Waals surface area contributed by atoms with Gasteiger partial charge in [-0.1, -0.05) is 76.8 Å². The fourth-order valence-corrected chi connectivity index (χ4v) is 8.42. The molecule has 0 radical (unpaired) electrons. The van der Waals surface area contributed by atoms with E-state index >= 15 is 0 Å². The van der Waals surface area contributed by atoms with Crippen LogP contribution < -0.4 is 81.8 Å². The molecule has 1 saturated heterocycles. The fourth-order valence-electron chi connectivity index (χ4n) is 8.42. The van der Waals surface area contributed by atoms with Crippen molar-refractivity contribution < 1.29 is 58.2 Å². The van der Waals surface area contributed by atoms with Gasteiger partial charge in [-0.2, -0.15) is 0 Å². The third kappa shape index (κ3) is 23.3. The number of amides is 10. The quantitative estimate of drug-likeness (QED) is 0.0406. The molecule has 0 bridgehead atoms. The lowest BCUT2D eigenvalue weighted by atomic mass is 9.99. The van der Waals surface area contributed by atoms with Gasteiger partial charge in [0, 0.05) is 26.1 Å². The first-order chi connectivity index (χ1) is 37.0. The Labute approximate surface area is 456 Å². The van der Waals surface area contributed by atoms with Crippen molar-refractivity contribution in [2.24, 2.45) is 40.5 Å². The lowest BCUT2D eigenvalue weighted by Crippen LogP contribution is -2.62. The number of hydrogen-bond acceptors (Lipinski definition) is 17. The maximum atomic E-state index is 14.4. The van der Waals surface area contributed by atoms with E-state index in [1.807, 2.05) is 6.92 Å². The third-order valence-electron chi connectivity index (χ3n) is 12.9. The van der Waals surface area contributed by atoms with Crippen LogP contribution in [-0.4, -0.2) is 175 Å². The van der Waals surface area contributed by atoms with Crippen LogP contribution in [0.1, 0.15) is 104 Å². The topological polar surface area (TPSA) is 462 Å². The molecular weight excluding hydrogens is 1010 g/mol. The molecule has 1 aromatic carbocycles. The number of carbonyl (C=O) groups is 10. The summed E-state index contributed by atoms with van der Waals surface area (Å²) in [6.07, 6.45) is -0.0588. The van der Waals surface area contributed by atoms with Gasteiger partial charge in [0.05, 0.1) is 18.1 Å². The average molecular weight is 1100 g/mol. The normalized spacial score (nSPS) is 23.6. The van der Waals surface area contributed by atoms with Crippen molar-refractivity contribution in [1.29, 1.82) is 0 Å². The minimum atomic E-state index is -1.67. The van der Waals surface area contributed by atoms with Gasteiger partial charge in [-0.25, -0.2) is 0 Å². The Hall–Kier alpha value is -6.36. The van der Waals surface area contributed by atoms with Gasteiger partial charge in [-0.05, 0) is 83.5 Å². The predicted molar refractivity (Wildman–Crippen MR) is 289 cm³/mol. The first kappa shape index (κ1) is 67.7. The van der Waals surface area contributed by atoms with E-state index in [9.17, 15) is 58.2 Å². The molecule has 10 amide bonds. The van der Waals surface area contributed by atoms with E-state index in [4.69, 9.17) is 28.7 Å². The molecular formula is C51H89N15O12. The molecule has 1 heterocycles. The van der Waals surface area contributed by atoms with Gasteiger partial charge >= 0.3 is 0 Å². The summed E-state index contributed by atoms with van der Waals surface area (Å²) in [4.78, 5) is 139. The van der Waals surface area contributed by atoms with Gasteiger partial charge in [-0.3, -0.25) is 47.9 Å². The number of hydrogen-bond donors (Lipinski definition) is 17. The number of benzene rings is 1. The average Bonchev–Trinajstić information content (AvgIpc) is 3.39. The molecule has 1 aromatic rings. The highest BCUT2D eigenvalue weighted by Crippen LogP contribution is 2.13. The number of aliphatic hydroxyl groups is 2. The van der Waals surface area contributed by atoms with Crippen molar-refractivity contribution in [3.05, 3.63) is 35.9 Å². The van der Waals surface area contributed by atoms with E-state index in [0.717, 1.165) is 19.3 Å². The summed E-state index contributed by atoms with van der Waals surface area (Å²) in [7, 11) is 0. The summed E-state index contributed by atoms with van der Waals surface area (Å²) in [5.74, 6) is -9.80. The van der Waals surface area contributed by atoms with E-state index in [0.29, 0.717) is 18.4 Å². The van der Waals surface area contributed by atoms with Crippen LogP contribution in [0, 0.1) is 11.8 Å². The first-order valence-corrected chi connectivity index (χ1v) is 27.0. The monoisotopic (exact) mass is 1100 g/mol. The molecule has 78 heavy (non-hydrogen) atoms. The second-order valence-electron chi connectivity index (χ2n) is 20.0. The Balaban J connectivity index is 2.69. The zero-order valence-electron chi connectivity index (χ0n) is 45.8. The van der Waals surface area contributed by atoms with E-state index in [1.165, 1.54) is 13.8 Å². The summed E-state index contributed by atoms with van der Waals surface area (Å²) < 4.78 is 0. The summed E-state index contributed by atoms with van der Waals surface area (Å²) in [5.41, 5.74) is 30.1. The van der Waals surface area contributed by atoms with Crippen LogP contribution >= 0.6 is 0 Å². The minimum absolute atomic E-state index is 0.0281. The largest absolute Gasteiger partial charge is 0.391 e. The highest BCUT2D eigenvalue weighted by atomic mass is 16.3. The molecule has 440 valence electrons. The van der Waals surface area contributed by atoms with Crippen molar-refractivity contribution in [1.82, 2.24) is 53.2 Å². The van der Waals surface area contributed by atoms with E-state index < -0.39 is 151 Å². The first-order valence-electron chi connectivity index (χ1n) is 27.0. The van der Waals surface area contributed by atoms with Gasteiger partial charge < -0.3 is 92.0 Å². The maximum absolute atomic E-state index is 14.4. The van der Waals surface area contributed by atoms with Crippen molar-refractivity contribution in [2.75, 3.05) is 39.3 Å². The molecule has 27 heteroatoms. The Morgan fingerprint density at radius 1 is 0.603 bits per heavy atom. The molecule has 0 spiro atoms. The lowest BCUT2D eigenvalue weighted by molar-refractivity contribution is -0.136. The van der Waals surface area contributed by atoms with Gasteiger partial charge in [0.2, 0.25) is 59.1 Å². The second kappa shape index (κ2) is 35.9. The highest BCUT2D eigenvalue weighted by Gasteiger charge is 2.37. The zero-order valence-corrected chi connectivity index (χ0v) is 45.8. The standard InChI is InChI=1S/C51H89N15O12/c1-6-7-8-12-15-32(26-55)42(69)65-41(30(5)68)51(78)64-39(27-56)49(76)61-36-19-23-57-50(77)40(29(4)67)66-46(73)35(18-22-54)59-43(70)33(16-20-52)60-47(74)37(24-28(2)3)62-48(75)38(25-31-13-10-9-11-14-31)63-44(71)34(17-21-53)58-45(36)72/h9-11,13-14,28-30,32-41,67-68H,6-8,12,15-27,52-56H2,1-5H3,(H,57,77)(H,58,72)(H,59,70)(H,60,74)(H,61,76)(H,62,75)(H,63,71)(H,64,78)(H,65,69)(H,66,73)/t29-,30-,32?,33+,34+,35+,36+,37+,38-,39+,40+,41+/m1/s1. The molecule has 22 N–H and O–H groups in total. The van der Waals surface area contributed by atoms with Crippen LogP contribution in [0.2, 0.25) is 0 Å². The molecule has 12 atom stereocenters. The lowest BCUT2D eigenvalue weighted by Gasteiger charge is -2.28. The number of carbonyl (C=O) groups excluding carboxylic acids is 10. The number of nitrogens with two attached hydrogens (primary N) is 5. The van der Waals surface area contributed by atoms with Crippen LogP contribution in [0.25, 0.3) is 0 Å². The van der Waals surface area contributed by atoms with Crippen LogP contribution in [0.4, 0.5) is 0 Å². The predicted octanol–water partition coefficient (Wildman–Crippen LogP) is -5.53. The molecule has 1 unspecified atom stereocenters. The Kier molecular flexibility index (Phi) is 31.2. The van der Waals surface area contributed by atoms with Crippen LogP contribution in [0.5, 0.6) is 0 Å². The van der Waals surface area contributed by atoms with E-state index in [-0.39, 0.29) is 64.2 Å². The highest BCUT2D eigenvalue weighted by molar-refractivity contribution is 5.99. The van der Waals surface area contributed by atoms with Crippen LogP contribution in [0.3, 0.4) is 0 Å². The Bertz CT molecular complexity index is 2100. The summed E-state index contributed by atoms with van der Waals surface area (Å²) in [6, 6.07) is -4.78. The number of aliphatic hydroxyl groups excluding tert-OH is 2. The maximum Gasteiger partial charge on any atom is 0.245 e. The molecule has 2 rings (SSSR count). The van der Waals surface area contributed by atoms with Crippen molar-refractivity contribution in [3.8, 4) is 0 Å². The smallest absolute Gasteiger partial charge is 0.245 e. The molecule has 1 aliphatic rings. The Morgan fingerprint density at radius 3 is 1.62 bits per heavy atom. The molecule has 1 aliphatic heterocycles. The number of rotatable bonds is 25. The summed E-state index contributed by atoms with van der Waals surface area (Å²) in [5, 5.41) is 46.7. The number of unbranched alkanes of at least 4 members (excludes halogenated alkanes) is 3. The van der Waals surface area contributed by atoms with Crippen molar-refractivity contribution >= 4 is 59.1 Å². The van der Waals surface area contributed by atoms with Crippen molar-refractivity contribution in [2.45, 2.75) is 172 Å². The van der Waals surface area contributed by atoms with Gasteiger partial charge in [0.1, 0.15) is 54.4 Å². The van der Waals surface area contributed by atoms with Crippen LogP contribution in [-0.2, 0) is 54.4 Å². The van der Waals surface area contributed by atoms with Crippen LogP contribution in [0.15, 0.2) is 30.3 Å². The van der Waals surface area contributed by atoms with E-state index in [2.05, 4.69) is 53.2 Å². The molecule has 1 fully saturated rings. The number of nitrogens with one attached hydrogen (secondary N) is 10. The van der Waals surface area contributed by atoms with Gasteiger partial charge in [0.25, 0.3) is 0 Å². The fraction of sp³-hybridized carbons (Fsp3) is 0.686. The van der Waals surface area contributed by atoms with E-state index in [1.54, 1.807) is 44.2 Å². The molecule has 27 nitrogen and oxygen atoms in total. The molecule has 0 saturated carbocycles. The summed E-state index contributed by atoms with van der Waals surface area (Å²) >= 11 is 0. The minimum Gasteiger partial charge on any atom is -0.391 e. The summed E-state index contributed by atoms with van der Waals surface area (Å²) in [6.45, 7) is 6.63. The SMILES string of the molecule is CCCCCCC(CN)C(=O)N[C@H](C(=O)N[C@@H](CN)C(=O)N[C@H]1CCNC(=O)[C@H]([C@@H](C)O)NC(=O)[C@H](CCN)NC(=O)[C@H](CCN)NC(=O)[C@H](CC(C)C)NC(=O)[C@@H](Cc2ccccc2)NC(=O)[C@H](CCN)NC1=O)[C@@H](C)O. The second-order valence-corrected chi connectivity index (χ2v) is 20.0. The zero-order chi connectivity index (χ0) is 58.5. The Morgan fingerprint density at radius 2 is 1.12 bits per heavy atom.